The van der Waals surface area contributed by atoms with Crippen molar-refractivity contribution < 1.29 is 33.0 Å². The number of allylic oxidation sites excluding steroid dienone is 2. The number of hydrogen-bond acceptors (Lipinski definition) is 5. The van der Waals surface area contributed by atoms with Crippen molar-refractivity contribution in [3.05, 3.63) is 51.6 Å². The largest absolute Gasteiger partial charge is 0.394 e. The van der Waals surface area contributed by atoms with Gasteiger partial charge in [-0.15, -0.1) is 0 Å². The van der Waals surface area contributed by atoms with Crippen molar-refractivity contribution in [2.45, 2.75) is 17.8 Å². The summed E-state index contributed by atoms with van der Waals surface area (Å²) in [5, 5.41) is 20.1. The van der Waals surface area contributed by atoms with E-state index < -0.39 is 48.6 Å². The zero-order chi connectivity index (χ0) is 19.3. The number of hydroxylamine groups is 1. The number of carbonyl (C=O) groups excluding carboxylic acids is 1. The van der Waals surface area contributed by atoms with Crippen molar-refractivity contribution >= 4 is 34.2 Å². The molecule has 6 nitrogen and oxygen atoms in total. The number of rotatable bonds is 7. The number of aliphatic hydroxyl groups excluding tert-OH is 2. The van der Waals surface area contributed by atoms with Crippen LogP contribution in [-0.2, 0) is 9.63 Å². The fourth-order valence-corrected chi connectivity index (χ4v) is 2.60. The molecule has 0 saturated heterocycles. The van der Waals surface area contributed by atoms with Crippen molar-refractivity contribution in [2.24, 2.45) is 0 Å². The van der Waals surface area contributed by atoms with Gasteiger partial charge in [0.25, 0.3) is 5.91 Å². The fraction of sp³-hybridized carbons (Fsp3) is 0.312. The first-order valence-corrected chi connectivity index (χ1v) is 8.52. The lowest BCUT2D eigenvalue weighted by atomic mass is 9.89. The maximum absolute atomic E-state index is 15.2. The summed E-state index contributed by atoms with van der Waals surface area (Å²) in [6.45, 7) is -1.12. The van der Waals surface area contributed by atoms with Crippen LogP contribution in [0.15, 0.2) is 42.3 Å². The summed E-state index contributed by atoms with van der Waals surface area (Å²) in [4.78, 5) is 16.8. The minimum Gasteiger partial charge on any atom is -0.394 e. The molecule has 0 heterocycles. The second-order valence-electron chi connectivity index (χ2n) is 5.46. The second kappa shape index (κ2) is 8.84. The topological polar surface area (TPSA) is 90.8 Å². The second-order valence-corrected chi connectivity index (χ2v) is 6.70. The normalized spacial score (nSPS) is 23.3. The summed E-state index contributed by atoms with van der Waals surface area (Å²) >= 11 is 1.88. The molecular formula is C16H16F3IN2O4. The lowest BCUT2D eigenvalue weighted by Crippen LogP contribution is -2.54. The number of aliphatic hydroxyl groups is 2. The molecule has 0 aromatic heterocycles. The molecule has 1 aliphatic rings. The van der Waals surface area contributed by atoms with Crippen molar-refractivity contribution in [1.82, 2.24) is 5.48 Å². The Labute approximate surface area is 160 Å². The van der Waals surface area contributed by atoms with Gasteiger partial charge in [-0.3, -0.25) is 9.63 Å². The highest BCUT2D eigenvalue weighted by molar-refractivity contribution is 14.1. The van der Waals surface area contributed by atoms with Crippen LogP contribution in [0.5, 0.6) is 0 Å². The average Bonchev–Trinajstić information content (AvgIpc) is 2.59. The molecule has 1 amide bonds. The molecule has 0 aliphatic heterocycles. The van der Waals surface area contributed by atoms with Gasteiger partial charge < -0.3 is 15.5 Å². The molecule has 10 heteroatoms. The minimum absolute atomic E-state index is 0.180. The van der Waals surface area contributed by atoms with E-state index in [1.54, 1.807) is 5.48 Å². The molecule has 2 rings (SSSR count). The van der Waals surface area contributed by atoms with Crippen molar-refractivity contribution in [1.29, 1.82) is 0 Å². The van der Waals surface area contributed by atoms with E-state index in [2.05, 4.69) is 10.2 Å². The van der Waals surface area contributed by atoms with Crippen LogP contribution in [-0.4, -0.2) is 47.1 Å². The van der Waals surface area contributed by atoms with Gasteiger partial charge >= 0.3 is 0 Å². The number of anilines is 1. The predicted molar refractivity (Wildman–Crippen MR) is 95.9 cm³/mol. The molecule has 1 aromatic carbocycles. The molecule has 0 fully saturated rings. The summed E-state index contributed by atoms with van der Waals surface area (Å²) in [6.07, 6.45) is 1.49. The monoisotopic (exact) mass is 484 g/mol. The first-order chi connectivity index (χ1) is 12.3. The predicted octanol–water partition coefficient (Wildman–Crippen LogP) is 1.74. The van der Waals surface area contributed by atoms with Gasteiger partial charge in [-0.2, -0.15) is 0 Å². The van der Waals surface area contributed by atoms with E-state index in [0.717, 1.165) is 18.2 Å². The third kappa shape index (κ3) is 4.75. The third-order valence-electron chi connectivity index (χ3n) is 3.52. The van der Waals surface area contributed by atoms with Crippen LogP contribution in [0.3, 0.4) is 0 Å². The van der Waals surface area contributed by atoms with Crippen molar-refractivity contribution in [3.8, 4) is 0 Å². The third-order valence-corrected chi connectivity index (χ3v) is 4.19. The maximum Gasteiger partial charge on any atom is 0.287 e. The molecule has 3 atom stereocenters. The van der Waals surface area contributed by atoms with Crippen LogP contribution in [0, 0.1) is 9.39 Å². The summed E-state index contributed by atoms with van der Waals surface area (Å²) in [7, 11) is 0. The first-order valence-electron chi connectivity index (χ1n) is 7.44. The Balaban J connectivity index is 2.17. The maximum atomic E-state index is 15.2. The minimum atomic E-state index is -2.92. The van der Waals surface area contributed by atoms with Crippen molar-refractivity contribution in [3.63, 3.8) is 0 Å². The summed E-state index contributed by atoms with van der Waals surface area (Å²) in [5.74, 6) is -3.10. The number of amides is 1. The Kier molecular flexibility index (Phi) is 7.03. The van der Waals surface area contributed by atoms with Gasteiger partial charge in [-0.05, 0) is 52.9 Å². The molecule has 1 aliphatic carbocycles. The number of nitrogens with one attached hydrogen (secondary N) is 2. The standard InChI is InChI=1S/C16H16F3IN2O4/c17-11-2-1-5-16(19,15(25)22-26-8-10(24)7-23)14(11)21-13-4-3-9(20)6-12(13)18/h1-6,10,14,21,23-24H,7-8H2,(H,22,25)/t10-,14?,16?/m1/s1. The van der Waals surface area contributed by atoms with E-state index in [9.17, 15) is 13.6 Å². The molecule has 4 N–H and O–H groups in total. The molecule has 2 unspecified atom stereocenters. The van der Waals surface area contributed by atoms with Gasteiger partial charge in [0.2, 0.25) is 5.67 Å². The summed E-state index contributed by atoms with van der Waals surface area (Å²) < 4.78 is 44.0. The van der Waals surface area contributed by atoms with E-state index in [4.69, 9.17) is 10.2 Å². The quantitative estimate of drug-likeness (QED) is 0.350. The average molecular weight is 484 g/mol. The molecule has 0 spiro atoms. The Morgan fingerprint density at radius 3 is 2.81 bits per heavy atom. The Bertz CT molecular complexity index is 731. The number of carbonyl (C=O) groups is 1. The highest BCUT2D eigenvalue weighted by Crippen LogP contribution is 2.32. The molecular weight excluding hydrogens is 468 g/mol. The van der Waals surface area contributed by atoms with Crippen LogP contribution < -0.4 is 10.8 Å². The Morgan fingerprint density at radius 1 is 1.42 bits per heavy atom. The Hall–Kier alpha value is -1.63. The molecule has 142 valence electrons. The Morgan fingerprint density at radius 2 is 2.15 bits per heavy atom. The van der Waals surface area contributed by atoms with Gasteiger partial charge in [0, 0.05) is 3.57 Å². The van der Waals surface area contributed by atoms with Crippen molar-refractivity contribution in [2.75, 3.05) is 18.5 Å². The van der Waals surface area contributed by atoms with Gasteiger partial charge in [0.05, 0.1) is 12.3 Å². The lowest BCUT2D eigenvalue weighted by Gasteiger charge is -2.32. The van der Waals surface area contributed by atoms with Crippen LogP contribution in [0.1, 0.15) is 0 Å². The highest BCUT2D eigenvalue weighted by Gasteiger charge is 2.48. The van der Waals surface area contributed by atoms with Gasteiger partial charge in [-0.25, -0.2) is 18.7 Å². The zero-order valence-electron chi connectivity index (χ0n) is 13.3. The highest BCUT2D eigenvalue weighted by atomic mass is 127. The lowest BCUT2D eigenvalue weighted by molar-refractivity contribution is -0.146. The fourth-order valence-electron chi connectivity index (χ4n) is 2.15. The van der Waals surface area contributed by atoms with Crippen LogP contribution in [0.25, 0.3) is 0 Å². The van der Waals surface area contributed by atoms with Gasteiger partial charge in [0.15, 0.2) is 0 Å². The molecule has 0 radical (unpaired) electrons. The van der Waals surface area contributed by atoms with E-state index in [-0.39, 0.29) is 5.69 Å². The SMILES string of the molecule is O=C(NOC[C@H](O)CO)C1(F)C=CC=C(F)C1Nc1ccc(I)cc1F. The summed E-state index contributed by atoms with van der Waals surface area (Å²) in [6, 6.07) is 2.18. The zero-order valence-corrected chi connectivity index (χ0v) is 15.4. The van der Waals surface area contributed by atoms with E-state index in [1.165, 1.54) is 18.2 Å². The number of benzene rings is 1. The van der Waals surface area contributed by atoms with Crippen LogP contribution in [0.2, 0.25) is 0 Å². The molecule has 1 aromatic rings. The van der Waals surface area contributed by atoms with E-state index >= 15 is 4.39 Å². The van der Waals surface area contributed by atoms with Crippen LogP contribution in [0.4, 0.5) is 18.9 Å². The smallest absolute Gasteiger partial charge is 0.287 e. The summed E-state index contributed by atoms with van der Waals surface area (Å²) in [5.41, 5.74) is -1.35. The number of halogens is 4. The molecule has 0 bridgehead atoms. The van der Waals surface area contributed by atoms with Crippen LogP contribution >= 0.6 is 22.6 Å². The van der Waals surface area contributed by atoms with E-state index in [1.807, 2.05) is 22.6 Å². The first kappa shape index (κ1) is 20.7. The number of alkyl halides is 1. The number of hydrogen-bond donors (Lipinski definition) is 4. The van der Waals surface area contributed by atoms with E-state index in [0.29, 0.717) is 3.57 Å². The molecule has 0 saturated carbocycles. The molecule has 26 heavy (non-hydrogen) atoms. The van der Waals surface area contributed by atoms with Gasteiger partial charge in [-0.1, -0.05) is 6.08 Å². The van der Waals surface area contributed by atoms with Gasteiger partial charge in [0.1, 0.15) is 30.4 Å².